The summed E-state index contributed by atoms with van der Waals surface area (Å²) in [6, 6.07) is 0. The molecule has 0 heterocycles. The van der Waals surface area contributed by atoms with Crippen molar-refractivity contribution in [3.63, 3.8) is 0 Å². The summed E-state index contributed by atoms with van der Waals surface area (Å²) in [4.78, 5) is 9.00. The molecule has 0 amide bonds. The molecule has 0 aromatic heterocycles. The number of aliphatic carboxylic acids is 1. The molecule has 0 aliphatic heterocycles. The van der Waals surface area contributed by atoms with Crippen molar-refractivity contribution in [3.05, 3.63) is 0 Å². The maximum Gasteiger partial charge on any atom is 0.300 e. The topological polar surface area (TPSA) is 49.3 Å². The van der Waals surface area contributed by atoms with E-state index in [9.17, 15) is 0 Å². The van der Waals surface area contributed by atoms with Crippen molar-refractivity contribution >= 4 is 5.97 Å². The van der Waals surface area contributed by atoms with E-state index < -0.39 is 5.97 Å². The zero-order valence-electron chi connectivity index (χ0n) is 9.68. The highest BCUT2D eigenvalue weighted by Gasteiger charge is 1.76. The Morgan fingerprint density at radius 3 is 1.54 bits per heavy atom. The lowest BCUT2D eigenvalue weighted by molar-refractivity contribution is -0.134. The van der Waals surface area contributed by atoms with E-state index in [-0.39, 0.29) is 0 Å². The van der Waals surface area contributed by atoms with Gasteiger partial charge in [0.25, 0.3) is 5.97 Å². The van der Waals surface area contributed by atoms with Crippen LogP contribution in [0.1, 0.15) is 47.5 Å². The molecular formula is C10H25NO2. The Morgan fingerprint density at radius 2 is 1.38 bits per heavy atom. The molecule has 0 aliphatic carbocycles. The largest absolute Gasteiger partial charge is 0.481 e. The second-order valence-electron chi connectivity index (χ2n) is 2.27. The van der Waals surface area contributed by atoms with Crippen molar-refractivity contribution in [2.24, 2.45) is 0 Å². The Kier molecular flexibility index (Phi) is 31.6. The molecule has 82 valence electrons. The molecule has 0 atom stereocenters. The number of hydrogen-bond donors (Lipinski definition) is 2. The van der Waals surface area contributed by atoms with Gasteiger partial charge in [-0.25, -0.2) is 0 Å². The van der Waals surface area contributed by atoms with Crippen LogP contribution >= 0.6 is 0 Å². The van der Waals surface area contributed by atoms with Gasteiger partial charge in [0, 0.05) is 6.92 Å². The number of carboxylic acids is 1. The lowest BCUT2D eigenvalue weighted by Crippen LogP contribution is -2.14. The van der Waals surface area contributed by atoms with Gasteiger partial charge in [0.05, 0.1) is 0 Å². The highest BCUT2D eigenvalue weighted by atomic mass is 16.4. The summed E-state index contributed by atoms with van der Waals surface area (Å²) in [7, 11) is 0. The molecule has 13 heavy (non-hydrogen) atoms. The summed E-state index contributed by atoms with van der Waals surface area (Å²) in [6.07, 6.45) is 2.50. The fourth-order valence-corrected chi connectivity index (χ4v) is 0.479. The van der Waals surface area contributed by atoms with Gasteiger partial charge in [-0.2, -0.15) is 0 Å². The fourth-order valence-electron chi connectivity index (χ4n) is 0.479. The molecule has 0 saturated heterocycles. The quantitative estimate of drug-likeness (QED) is 0.671. The molecule has 0 aliphatic rings. The molecule has 3 heteroatoms. The lowest BCUT2D eigenvalue weighted by Gasteiger charge is -1.95. The van der Waals surface area contributed by atoms with E-state index in [0.29, 0.717) is 0 Å². The van der Waals surface area contributed by atoms with Gasteiger partial charge >= 0.3 is 0 Å². The molecule has 0 bridgehead atoms. The van der Waals surface area contributed by atoms with Crippen LogP contribution < -0.4 is 5.32 Å². The van der Waals surface area contributed by atoms with Crippen molar-refractivity contribution in [3.8, 4) is 0 Å². The van der Waals surface area contributed by atoms with E-state index in [1.165, 1.54) is 25.9 Å². The van der Waals surface area contributed by atoms with Crippen LogP contribution in [0.25, 0.3) is 0 Å². The van der Waals surface area contributed by atoms with Gasteiger partial charge in [-0.3, -0.25) is 4.79 Å². The van der Waals surface area contributed by atoms with Crippen LogP contribution in [0.4, 0.5) is 0 Å². The third-order valence-electron chi connectivity index (χ3n) is 0.854. The first-order valence-corrected chi connectivity index (χ1v) is 5.05. The third-order valence-corrected chi connectivity index (χ3v) is 0.854. The highest BCUT2D eigenvalue weighted by Crippen LogP contribution is 1.71. The van der Waals surface area contributed by atoms with Gasteiger partial charge in [0.15, 0.2) is 0 Å². The monoisotopic (exact) mass is 191 g/mol. The molecule has 0 fully saturated rings. The minimum absolute atomic E-state index is 0.833. The standard InChI is InChI=1S/C6H15N.C2H4O2.C2H6/c1-3-5-7-6-4-2;1-2(3)4;1-2/h7H,3-6H2,1-2H3;1H3,(H,3,4);1-2H3. The van der Waals surface area contributed by atoms with Crippen LogP contribution in [0.3, 0.4) is 0 Å². The average Bonchev–Trinajstić information content (AvgIpc) is 2.08. The van der Waals surface area contributed by atoms with Crippen LogP contribution in [0.5, 0.6) is 0 Å². The summed E-state index contributed by atoms with van der Waals surface area (Å²) in [5.41, 5.74) is 0. The minimum Gasteiger partial charge on any atom is -0.481 e. The predicted molar refractivity (Wildman–Crippen MR) is 58.1 cm³/mol. The van der Waals surface area contributed by atoms with Gasteiger partial charge in [-0.05, 0) is 25.9 Å². The average molecular weight is 191 g/mol. The maximum atomic E-state index is 9.00. The van der Waals surface area contributed by atoms with E-state index in [0.717, 1.165) is 6.92 Å². The first kappa shape index (κ1) is 18.3. The lowest BCUT2D eigenvalue weighted by atomic mass is 10.4. The van der Waals surface area contributed by atoms with Crippen molar-refractivity contribution < 1.29 is 9.90 Å². The van der Waals surface area contributed by atoms with Gasteiger partial charge < -0.3 is 10.4 Å². The number of carbonyl (C=O) groups is 1. The molecular weight excluding hydrogens is 166 g/mol. The number of rotatable bonds is 4. The van der Waals surface area contributed by atoms with E-state index in [4.69, 9.17) is 9.90 Å². The first-order valence-electron chi connectivity index (χ1n) is 5.05. The third kappa shape index (κ3) is 86.4. The van der Waals surface area contributed by atoms with Crippen LogP contribution in [0.2, 0.25) is 0 Å². The van der Waals surface area contributed by atoms with Crippen LogP contribution in [0, 0.1) is 0 Å². The number of nitrogens with one attached hydrogen (secondary N) is 1. The Balaban J connectivity index is -0.000000142. The molecule has 0 aromatic rings. The van der Waals surface area contributed by atoms with E-state index in [1.807, 2.05) is 13.8 Å². The number of hydrogen-bond acceptors (Lipinski definition) is 2. The molecule has 0 saturated carbocycles. The van der Waals surface area contributed by atoms with E-state index in [2.05, 4.69) is 19.2 Å². The first-order chi connectivity index (χ1) is 6.15. The highest BCUT2D eigenvalue weighted by molar-refractivity contribution is 5.62. The van der Waals surface area contributed by atoms with Crippen molar-refractivity contribution in [1.29, 1.82) is 0 Å². The zero-order chi connectivity index (χ0) is 11.1. The summed E-state index contributed by atoms with van der Waals surface area (Å²) in [5.74, 6) is -0.833. The predicted octanol–water partition coefficient (Wildman–Crippen LogP) is 2.51. The summed E-state index contributed by atoms with van der Waals surface area (Å²) < 4.78 is 0. The van der Waals surface area contributed by atoms with Crippen LogP contribution in [-0.2, 0) is 4.79 Å². The molecule has 0 unspecified atom stereocenters. The molecule has 2 N–H and O–H groups in total. The number of carboxylic acid groups (broad SMARTS) is 1. The second-order valence-corrected chi connectivity index (χ2v) is 2.27. The molecule has 0 spiro atoms. The molecule has 3 nitrogen and oxygen atoms in total. The fraction of sp³-hybridized carbons (Fsp3) is 0.900. The Hall–Kier alpha value is -0.570. The summed E-state index contributed by atoms with van der Waals surface area (Å²) in [6.45, 7) is 11.8. The molecule has 0 rings (SSSR count). The van der Waals surface area contributed by atoms with E-state index >= 15 is 0 Å². The van der Waals surface area contributed by atoms with Crippen LogP contribution in [-0.4, -0.2) is 24.2 Å². The van der Waals surface area contributed by atoms with Gasteiger partial charge in [0.1, 0.15) is 0 Å². The molecule has 0 radical (unpaired) electrons. The Bertz CT molecular complexity index is 77.0. The Morgan fingerprint density at radius 1 is 1.15 bits per heavy atom. The van der Waals surface area contributed by atoms with Crippen LogP contribution in [0.15, 0.2) is 0 Å². The SMILES string of the molecule is CC.CC(=O)O.CCCNCCC. The summed E-state index contributed by atoms with van der Waals surface area (Å²) >= 11 is 0. The van der Waals surface area contributed by atoms with Gasteiger partial charge in [0.2, 0.25) is 0 Å². The molecule has 0 aromatic carbocycles. The summed E-state index contributed by atoms with van der Waals surface area (Å²) in [5, 5.41) is 10.7. The van der Waals surface area contributed by atoms with Gasteiger partial charge in [-0.15, -0.1) is 0 Å². The van der Waals surface area contributed by atoms with E-state index in [1.54, 1.807) is 0 Å². The van der Waals surface area contributed by atoms with Gasteiger partial charge in [-0.1, -0.05) is 27.7 Å². The normalized spacial score (nSPS) is 7.46. The Labute approximate surface area is 82.5 Å². The smallest absolute Gasteiger partial charge is 0.300 e. The zero-order valence-corrected chi connectivity index (χ0v) is 9.68. The minimum atomic E-state index is -0.833. The van der Waals surface area contributed by atoms with Crippen molar-refractivity contribution in [2.75, 3.05) is 13.1 Å². The maximum absolute atomic E-state index is 9.00. The van der Waals surface area contributed by atoms with Crippen molar-refractivity contribution in [1.82, 2.24) is 5.32 Å². The second kappa shape index (κ2) is 22.5. The van der Waals surface area contributed by atoms with Crippen molar-refractivity contribution in [2.45, 2.75) is 47.5 Å².